The van der Waals surface area contributed by atoms with Crippen LogP contribution in [-0.4, -0.2) is 54.2 Å². The van der Waals surface area contributed by atoms with Crippen LogP contribution in [-0.2, 0) is 19.1 Å². The van der Waals surface area contributed by atoms with Crippen molar-refractivity contribution in [3.63, 3.8) is 0 Å². The normalized spacial score (nSPS) is 36.6. The first-order valence-corrected chi connectivity index (χ1v) is 19.8. The fourth-order valence-corrected chi connectivity index (χ4v) is 12.9. The van der Waals surface area contributed by atoms with Gasteiger partial charge in [-0.2, -0.15) is 0 Å². The number of fused-ring (bicyclic) bond motifs is 7. The largest absolute Gasteiger partial charge is 0.481 e. The number of hydrogen-bond donors (Lipinski definition) is 2. The van der Waals surface area contributed by atoms with E-state index in [0.717, 1.165) is 68.5 Å². The molecule has 5 aliphatic rings. The van der Waals surface area contributed by atoms with Crippen LogP contribution in [0.5, 0.6) is 0 Å². The molecule has 9 atom stereocenters. The number of aliphatic hydroxyl groups excluding tert-OH is 1. The second-order valence-electron chi connectivity index (χ2n) is 19.6. The van der Waals surface area contributed by atoms with Gasteiger partial charge in [-0.05, 0) is 116 Å². The van der Waals surface area contributed by atoms with Gasteiger partial charge in [-0.1, -0.05) is 48.5 Å². The number of esters is 1. The molecule has 2 N–H and O–H groups in total. The zero-order valence-corrected chi connectivity index (χ0v) is 33.3. The summed E-state index contributed by atoms with van der Waals surface area (Å²) in [6.07, 6.45) is 7.50. The molecule has 0 bridgehead atoms. The highest BCUT2D eigenvalue weighted by molar-refractivity contribution is 6.00. The Balaban J connectivity index is 1.19. The van der Waals surface area contributed by atoms with Gasteiger partial charge in [0.25, 0.3) is 5.89 Å². The zero-order chi connectivity index (χ0) is 39.4. The summed E-state index contributed by atoms with van der Waals surface area (Å²) in [5.74, 6) is -1.16. The Morgan fingerprint density at radius 1 is 0.963 bits per heavy atom. The van der Waals surface area contributed by atoms with Crippen molar-refractivity contribution in [1.82, 2.24) is 20.2 Å². The zero-order valence-electron chi connectivity index (χ0n) is 33.3. The van der Waals surface area contributed by atoms with Crippen molar-refractivity contribution in [3.05, 3.63) is 35.2 Å². The number of halogens is 1. The number of carboxylic acid groups (broad SMARTS) is 1. The van der Waals surface area contributed by atoms with Gasteiger partial charge in [-0.3, -0.25) is 14.4 Å². The van der Waals surface area contributed by atoms with E-state index in [4.69, 9.17) is 9.15 Å². The van der Waals surface area contributed by atoms with Crippen molar-refractivity contribution in [2.24, 2.45) is 56.2 Å². The van der Waals surface area contributed by atoms with Crippen LogP contribution in [0.25, 0.3) is 11.7 Å². The molecule has 2 heterocycles. The van der Waals surface area contributed by atoms with Crippen molar-refractivity contribution >= 4 is 17.7 Å². The van der Waals surface area contributed by atoms with Gasteiger partial charge in [0, 0.05) is 17.3 Å². The molecule has 12 heteroatoms. The van der Waals surface area contributed by atoms with Gasteiger partial charge in [0.15, 0.2) is 11.6 Å². The number of carbonyl (C=O) groups excluding carboxylic acids is 2. The lowest BCUT2D eigenvalue weighted by atomic mass is 9.33. The number of aromatic nitrogens is 4. The summed E-state index contributed by atoms with van der Waals surface area (Å²) in [5, 5.41) is 30.2. The molecule has 4 saturated carbocycles. The predicted octanol–water partition coefficient (Wildman–Crippen LogP) is 8.09. The summed E-state index contributed by atoms with van der Waals surface area (Å²) in [5.41, 5.74) is -0.665. The quantitative estimate of drug-likeness (QED) is 0.251. The van der Waals surface area contributed by atoms with Gasteiger partial charge < -0.3 is 19.4 Å². The Kier molecular flexibility index (Phi) is 9.14. The lowest BCUT2D eigenvalue weighted by Gasteiger charge is -2.72. The van der Waals surface area contributed by atoms with Crippen LogP contribution < -0.4 is 0 Å². The molecular formula is C42H57FN4O7. The molecular weight excluding hydrogens is 691 g/mol. The van der Waals surface area contributed by atoms with E-state index in [2.05, 4.69) is 68.6 Å². The number of aliphatic carboxylic acids is 1. The lowest BCUT2D eigenvalue weighted by molar-refractivity contribution is -0.235. The molecule has 0 unspecified atom stereocenters. The number of rotatable bonds is 8. The summed E-state index contributed by atoms with van der Waals surface area (Å²) in [6.45, 7) is 19.1. The standard InChI is InChI=1S/C42H57FN4O7/c1-22(2)30-25(48)18-42(32(50)34-46-47-35(54-34)33-44-20-23(43)21-45-33)17-16-40(8)24(31(30)42)10-11-27-39(7)14-13-28(53-29(49)19-37(3,4)36(51)52)38(5,6)26(39)12-15-41(27,40)9/h20-22,24,26-28,32,50H,10-19H2,1-9H3,(H,51,52)/t24-,26+,27-,28+,32-,39+,40-,41-,42-/m1/s1. The van der Waals surface area contributed by atoms with Gasteiger partial charge in [0.05, 0.1) is 24.2 Å². The molecule has 11 nitrogen and oxygen atoms in total. The number of ketones is 1. The van der Waals surface area contributed by atoms with E-state index in [9.17, 15) is 29.0 Å². The third-order valence-electron chi connectivity index (χ3n) is 15.9. The monoisotopic (exact) mass is 748 g/mol. The number of Topliss-reactive ketones (excluding diaryl/α,β-unsaturated/α-hetero) is 1. The minimum atomic E-state index is -1.21. The van der Waals surface area contributed by atoms with E-state index in [1.807, 2.05) is 0 Å². The second kappa shape index (κ2) is 12.7. The molecule has 7 rings (SSSR count). The summed E-state index contributed by atoms with van der Waals surface area (Å²) in [7, 11) is 0. The maximum atomic E-state index is 14.1. The highest BCUT2D eigenvalue weighted by Gasteiger charge is 2.71. The van der Waals surface area contributed by atoms with E-state index in [1.54, 1.807) is 13.8 Å². The van der Waals surface area contributed by atoms with Crippen LogP contribution in [0.4, 0.5) is 4.39 Å². The molecule has 0 aromatic carbocycles. The summed E-state index contributed by atoms with van der Waals surface area (Å²) in [6, 6.07) is 0. The van der Waals surface area contributed by atoms with Gasteiger partial charge in [-0.25, -0.2) is 14.4 Å². The van der Waals surface area contributed by atoms with E-state index in [-0.39, 0.29) is 75.8 Å². The summed E-state index contributed by atoms with van der Waals surface area (Å²) < 4.78 is 25.6. The topological polar surface area (TPSA) is 166 Å². The van der Waals surface area contributed by atoms with Crippen LogP contribution in [0.15, 0.2) is 28.0 Å². The van der Waals surface area contributed by atoms with E-state index >= 15 is 0 Å². The Morgan fingerprint density at radius 2 is 1.65 bits per heavy atom. The fourth-order valence-electron chi connectivity index (χ4n) is 12.9. The number of hydrogen-bond acceptors (Lipinski definition) is 10. The predicted molar refractivity (Wildman–Crippen MR) is 196 cm³/mol. The van der Waals surface area contributed by atoms with Gasteiger partial charge in [0.2, 0.25) is 11.7 Å². The number of allylic oxidation sites excluding steroid dienone is 1. The molecule has 0 radical (unpaired) electrons. The second-order valence-corrected chi connectivity index (χ2v) is 19.6. The van der Waals surface area contributed by atoms with E-state index < -0.39 is 34.7 Å². The lowest BCUT2D eigenvalue weighted by Crippen LogP contribution is -2.66. The van der Waals surface area contributed by atoms with Crippen LogP contribution >= 0.6 is 0 Å². The Labute approximate surface area is 317 Å². The third-order valence-corrected chi connectivity index (χ3v) is 15.9. The maximum Gasteiger partial charge on any atom is 0.309 e. The molecule has 54 heavy (non-hydrogen) atoms. The first-order chi connectivity index (χ1) is 25.1. The third kappa shape index (κ3) is 5.53. The Bertz CT molecular complexity index is 1890. The molecule has 2 aromatic heterocycles. The Morgan fingerprint density at radius 3 is 2.30 bits per heavy atom. The van der Waals surface area contributed by atoms with Crippen molar-refractivity contribution in [2.75, 3.05) is 0 Å². The molecule has 5 aliphatic carbocycles. The first-order valence-electron chi connectivity index (χ1n) is 19.8. The highest BCUT2D eigenvalue weighted by atomic mass is 19.1. The SMILES string of the molecule is CC(C)C1=C2[C@H]3CC[C@@H]4[C@@]5(C)CC[C@H](OC(=O)CC(C)(C)C(=O)O)C(C)(C)[C@@H]5CC[C@@]4(C)[C@]3(C)CC[C@@]2([C@H](O)c2nnc(-c3ncc(F)cn3)o2)CC1=O. The molecule has 2 aromatic rings. The summed E-state index contributed by atoms with van der Waals surface area (Å²) in [4.78, 5) is 46.9. The number of aliphatic hydroxyl groups is 1. The smallest absolute Gasteiger partial charge is 0.309 e. The Hall–Kier alpha value is -3.54. The molecule has 0 amide bonds. The van der Waals surface area contributed by atoms with Crippen molar-refractivity contribution in [1.29, 1.82) is 0 Å². The number of nitrogens with zero attached hydrogens (tertiary/aromatic N) is 4. The minimum absolute atomic E-state index is 0.00882. The fraction of sp³-hybridized carbons (Fsp3) is 0.738. The van der Waals surface area contributed by atoms with Crippen LogP contribution in [0.2, 0.25) is 0 Å². The van der Waals surface area contributed by atoms with Gasteiger partial charge in [-0.15, -0.1) is 10.2 Å². The number of ether oxygens (including phenoxy) is 1. The van der Waals surface area contributed by atoms with E-state index in [0.29, 0.717) is 18.3 Å². The minimum Gasteiger partial charge on any atom is -0.481 e. The average Bonchev–Trinajstić information content (AvgIpc) is 3.69. The van der Waals surface area contributed by atoms with Crippen LogP contribution in [0.3, 0.4) is 0 Å². The van der Waals surface area contributed by atoms with Gasteiger partial charge in [0.1, 0.15) is 12.2 Å². The average molecular weight is 749 g/mol. The molecule has 4 fully saturated rings. The molecule has 0 saturated heterocycles. The van der Waals surface area contributed by atoms with Crippen LogP contribution in [0.1, 0.15) is 139 Å². The maximum absolute atomic E-state index is 14.1. The van der Waals surface area contributed by atoms with Crippen molar-refractivity contribution in [3.8, 4) is 11.7 Å². The van der Waals surface area contributed by atoms with Crippen molar-refractivity contribution < 1.29 is 38.1 Å². The van der Waals surface area contributed by atoms with Crippen LogP contribution in [0, 0.1) is 62.0 Å². The highest BCUT2D eigenvalue weighted by Crippen LogP contribution is 2.77. The number of carbonyl (C=O) groups is 3. The summed E-state index contributed by atoms with van der Waals surface area (Å²) >= 11 is 0. The number of carboxylic acids is 1. The molecule has 294 valence electrons. The van der Waals surface area contributed by atoms with Gasteiger partial charge >= 0.3 is 11.9 Å². The van der Waals surface area contributed by atoms with E-state index in [1.165, 1.54) is 0 Å². The molecule has 0 spiro atoms. The van der Waals surface area contributed by atoms with Crippen molar-refractivity contribution in [2.45, 2.75) is 139 Å². The first kappa shape index (κ1) is 38.7. The molecule has 0 aliphatic heterocycles.